The van der Waals surface area contributed by atoms with Gasteiger partial charge in [-0.1, -0.05) is 29.5 Å². The number of benzene rings is 3. The minimum atomic E-state index is -0.291. The quantitative estimate of drug-likeness (QED) is 0.287. The predicted octanol–water partition coefficient (Wildman–Crippen LogP) is 5.46. The van der Waals surface area contributed by atoms with Crippen molar-refractivity contribution in [2.24, 2.45) is 0 Å². The molecule has 0 radical (unpaired) electrons. The first-order valence-electron chi connectivity index (χ1n) is 11.2. The van der Waals surface area contributed by atoms with Crippen LogP contribution in [0.3, 0.4) is 0 Å². The van der Waals surface area contributed by atoms with Crippen molar-refractivity contribution >= 4 is 29.0 Å². The Balaban J connectivity index is 1.46. The van der Waals surface area contributed by atoms with E-state index in [1.165, 1.54) is 23.9 Å². The summed E-state index contributed by atoms with van der Waals surface area (Å²) in [6.45, 7) is 4.91. The highest BCUT2D eigenvalue weighted by molar-refractivity contribution is 7.99. The topological polar surface area (TPSA) is 81.1 Å². The van der Waals surface area contributed by atoms with E-state index in [4.69, 9.17) is 4.74 Å². The van der Waals surface area contributed by atoms with E-state index in [0.29, 0.717) is 29.8 Å². The molecule has 1 amide bonds. The molecule has 180 valence electrons. The fraction of sp³-hybridized carbons (Fsp3) is 0.192. The maximum atomic E-state index is 13.2. The minimum Gasteiger partial charge on any atom is -0.494 e. The number of rotatable bonds is 10. The van der Waals surface area contributed by atoms with Gasteiger partial charge in [0.25, 0.3) is 0 Å². The van der Waals surface area contributed by atoms with Crippen LogP contribution in [0, 0.1) is 12.7 Å². The van der Waals surface area contributed by atoms with Crippen LogP contribution in [-0.4, -0.2) is 33.0 Å². The van der Waals surface area contributed by atoms with Gasteiger partial charge >= 0.3 is 0 Å². The average molecular weight is 492 g/mol. The van der Waals surface area contributed by atoms with Gasteiger partial charge in [0.1, 0.15) is 11.6 Å². The molecule has 0 saturated heterocycles. The number of aryl methyl sites for hydroxylation is 1. The van der Waals surface area contributed by atoms with E-state index in [2.05, 4.69) is 20.8 Å². The van der Waals surface area contributed by atoms with Crippen molar-refractivity contribution in [1.82, 2.24) is 14.8 Å². The van der Waals surface area contributed by atoms with Gasteiger partial charge in [0.15, 0.2) is 11.0 Å². The maximum absolute atomic E-state index is 13.2. The molecule has 0 saturated carbocycles. The summed E-state index contributed by atoms with van der Waals surface area (Å²) in [6, 6.07) is 21.4. The molecule has 0 atom stereocenters. The van der Waals surface area contributed by atoms with E-state index in [-0.39, 0.29) is 17.5 Å². The zero-order valence-corrected chi connectivity index (χ0v) is 20.3. The van der Waals surface area contributed by atoms with E-state index in [1.54, 1.807) is 12.1 Å². The van der Waals surface area contributed by atoms with Gasteiger partial charge in [-0.05, 0) is 74.5 Å². The first kappa shape index (κ1) is 24.3. The van der Waals surface area contributed by atoms with Gasteiger partial charge in [-0.3, -0.25) is 9.36 Å². The predicted molar refractivity (Wildman–Crippen MR) is 137 cm³/mol. The third-order valence-corrected chi connectivity index (χ3v) is 6.00. The third kappa shape index (κ3) is 6.60. The second-order valence-corrected chi connectivity index (χ2v) is 8.67. The van der Waals surface area contributed by atoms with Crippen molar-refractivity contribution < 1.29 is 13.9 Å². The van der Waals surface area contributed by atoms with Crippen LogP contribution in [0.1, 0.15) is 18.3 Å². The van der Waals surface area contributed by atoms with Gasteiger partial charge in [0, 0.05) is 17.1 Å². The van der Waals surface area contributed by atoms with Crippen LogP contribution in [0.5, 0.6) is 5.75 Å². The lowest BCUT2D eigenvalue weighted by Crippen LogP contribution is -2.15. The van der Waals surface area contributed by atoms with Crippen LogP contribution < -0.4 is 15.4 Å². The Morgan fingerprint density at radius 2 is 1.66 bits per heavy atom. The summed E-state index contributed by atoms with van der Waals surface area (Å²) >= 11 is 1.30. The average Bonchev–Trinajstić information content (AvgIpc) is 3.27. The number of thioether (sulfide) groups is 1. The molecule has 0 spiro atoms. The molecule has 0 aliphatic heterocycles. The molecular weight excluding hydrogens is 465 g/mol. The third-order valence-electron chi connectivity index (χ3n) is 5.07. The number of aromatic nitrogens is 3. The van der Waals surface area contributed by atoms with E-state index < -0.39 is 0 Å². The van der Waals surface area contributed by atoms with Crippen LogP contribution in [0.2, 0.25) is 0 Å². The van der Waals surface area contributed by atoms with E-state index >= 15 is 0 Å². The summed E-state index contributed by atoms with van der Waals surface area (Å²) in [5.74, 6) is 1.16. The number of amides is 1. The number of hydrogen-bond acceptors (Lipinski definition) is 6. The standard InChI is InChI=1S/C26H26FN5O2S/c1-3-34-23-14-10-21(11-15-23)29-25(33)17-35-26-31-30-24(16-28-20-8-6-19(27)7-9-20)32(26)22-12-4-18(2)5-13-22/h4-15,28H,3,16-17H2,1-2H3,(H,29,33). The van der Waals surface area contributed by atoms with Gasteiger partial charge in [0.05, 0.1) is 18.9 Å². The van der Waals surface area contributed by atoms with Gasteiger partial charge in [-0.15, -0.1) is 10.2 Å². The molecule has 4 rings (SSSR count). The molecular formula is C26H26FN5O2S. The monoisotopic (exact) mass is 491 g/mol. The lowest BCUT2D eigenvalue weighted by Gasteiger charge is -2.12. The lowest BCUT2D eigenvalue weighted by molar-refractivity contribution is -0.113. The van der Waals surface area contributed by atoms with Crippen molar-refractivity contribution in [3.05, 3.63) is 90.0 Å². The summed E-state index contributed by atoms with van der Waals surface area (Å²) < 4.78 is 20.6. The number of carbonyl (C=O) groups excluding carboxylic acids is 1. The Morgan fingerprint density at radius 1 is 0.971 bits per heavy atom. The highest BCUT2D eigenvalue weighted by atomic mass is 32.2. The van der Waals surface area contributed by atoms with Gasteiger partial charge in [-0.2, -0.15) is 0 Å². The molecule has 7 nitrogen and oxygen atoms in total. The fourth-order valence-corrected chi connectivity index (χ4v) is 4.11. The molecule has 9 heteroatoms. The first-order valence-corrected chi connectivity index (χ1v) is 12.2. The van der Waals surface area contributed by atoms with Crippen LogP contribution in [-0.2, 0) is 11.3 Å². The summed E-state index contributed by atoms with van der Waals surface area (Å²) in [5, 5.41) is 15.4. The highest BCUT2D eigenvalue weighted by Gasteiger charge is 2.16. The minimum absolute atomic E-state index is 0.149. The van der Waals surface area contributed by atoms with E-state index in [9.17, 15) is 9.18 Å². The van der Waals surface area contributed by atoms with Crippen molar-refractivity contribution in [3.8, 4) is 11.4 Å². The molecule has 0 fully saturated rings. The van der Waals surface area contributed by atoms with Crippen molar-refractivity contribution in [3.63, 3.8) is 0 Å². The van der Waals surface area contributed by atoms with Crippen LogP contribution >= 0.6 is 11.8 Å². The molecule has 0 aliphatic carbocycles. The van der Waals surface area contributed by atoms with E-state index in [1.807, 2.05) is 66.9 Å². The molecule has 3 aromatic carbocycles. The fourth-order valence-electron chi connectivity index (χ4n) is 3.34. The molecule has 0 bridgehead atoms. The molecule has 0 unspecified atom stereocenters. The number of nitrogens with one attached hydrogen (secondary N) is 2. The van der Waals surface area contributed by atoms with Crippen LogP contribution in [0.4, 0.5) is 15.8 Å². The van der Waals surface area contributed by atoms with Gasteiger partial charge in [-0.25, -0.2) is 4.39 Å². The maximum Gasteiger partial charge on any atom is 0.234 e. The Hall–Kier alpha value is -3.85. The summed E-state index contributed by atoms with van der Waals surface area (Å²) in [7, 11) is 0. The van der Waals surface area contributed by atoms with Crippen molar-refractivity contribution in [2.75, 3.05) is 23.0 Å². The number of halogens is 1. The summed E-state index contributed by atoms with van der Waals surface area (Å²) in [6.07, 6.45) is 0. The lowest BCUT2D eigenvalue weighted by atomic mass is 10.2. The van der Waals surface area contributed by atoms with E-state index in [0.717, 1.165) is 22.7 Å². The SMILES string of the molecule is CCOc1ccc(NC(=O)CSc2nnc(CNc3ccc(F)cc3)n2-c2ccc(C)cc2)cc1. The second kappa shape index (κ2) is 11.5. The molecule has 4 aromatic rings. The van der Waals surface area contributed by atoms with Crippen molar-refractivity contribution in [2.45, 2.75) is 25.5 Å². The Labute approximate surface area is 207 Å². The zero-order chi connectivity index (χ0) is 24.6. The molecule has 1 heterocycles. The molecule has 0 aliphatic rings. The summed E-state index contributed by atoms with van der Waals surface area (Å²) in [5.41, 5.74) is 3.50. The Bertz CT molecular complexity index is 1260. The molecule has 1 aromatic heterocycles. The normalized spacial score (nSPS) is 10.7. The highest BCUT2D eigenvalue weighted by Crippen LogP contribution is 2.24. The summed E-state index contributed by atoms with van der Waals surface area (Å²) in [4.78, 5) is 12.6. The number of nitrogens with zero attached hydrogens (tertiary/aromatic N) is 3. The van der Waals surface area contributed by atoms with Crippen molar-refractivity contribution in [1.29, 1.82) is 0 Å². The first-order chi connectivity index (χ1) is 17.0. The number of carbonyl (C=O) groups is 1. The largest absolute Gasteiger partial charge is 0.494 e. The number of ether oxygens (including phenoxy) is 1. The number of anilines is 2. The van der Waals surface area contributed by atoms with Crippen LogP contribution in [0.15, 0.2) is 78.0 Å². The molecule has 2 N–H and O–H groups in total. The number of hydrogen-bond donors (Lipinski definition) is 2. The second-order valence-electron chi connectivity index (χ2n) is 7.72. The van der Waals surface area contributed by atoms with Gasteiger partial charge < -0.3 is 15.4 Å². The zero-order valence-electron chi connectivity index (χ0n) is 19.5. The van der Waals surface area contributed by atoms with Crippen LogP contribution in [0.25, 0.3) is 5.69 Å². The molecule has 35 heavy (non-hydrogen) atoms. The smallest absolute Gasteiger partial charge is 0.234 e. The Kier molecular flexibility index (Phi) is 7.99. The Morgan fingerprint density at radius 3 is 2.34 bits per heavy atom. The van der Waals surface area contributed by atoms with Gasteiger partial charge in [0.2, 0.25) is 5.91 Å².